The van der Waals surface area contributed by atoms with Crippen LogP contribution >= 0.6 is 11.3 Å². The van der Waals surface area contributed by atoms with Gasteiger partial charge in [0.05, 0.1) is 6.54 Å². The first-order chi connectivity index (χ1) is 16.2. The van der Waals surface area contributed by atoms with Crippen LogP contribution < -0.4 is 20.1 Å². The molecule has 3 aromatic rings. The summed E-state index contributed by atoms with van der Waals surface area (Å²) in [5, 5.41) is 7.63. The van der Waals surface area contributed by atoms with Crippen molar-refractivity contribution in [1.82, 2.24) is 15.6 Å². The molecule has 0 unspecified atom stereocenters. The highest BCUT2D eigenvalue weighted by Gasteiger charge is 2.31. The van der Waals surface area contributed by atoms with Gasteiger partial charge in [0, 0.05) is 11.9 Å². The lowest BCUT2D eigenvalue weighted by atomic mass is 10.0. The van der Waals surface area contributed by atoms with Crippen molar-refractivity contribution in [2.24, 2.45) is 0 Å². The van der Waals surface area contributed by atoms with Crippen molar-refractivity contribution in [3.8, 4) is 11.5 Å². The van der Waals surface area contributed by atoms with Crippen LogP contribution in [0.1, 0.15) is 33.9 Å². The zero-order chi connectivity index (χ0) is 24.6. The molecule has 34 heavy (non-hydrogen) atoms. The average molecular weight is 494 g/mol. The minimum Gasteiger partial charge on any atom is -0.484 e. The second-order valence-electron chi connectivity index (χ2n) is 7.23. The Morgan fingerprint density at radius 2 is 1.71 bits per heavy atom. The third kappa shape index (κ3) is 8.07. The van der Waals surface area contributed by atoms with Crippen LogP contribution in [0.15, 0.2) is 60.0 Å². The summed E-state index contributed by atoms with van der Waals surface area (Å²) in [4.78, 5) is 28.6. The Kier molecular flexibility index (Phi) is 8.47. The predicted octanol–water partition coefficient (Wildman–Crippen LogP) is 4.27. The highest BCUT2D eigenvalue weighted by Crippen LogP contribution is 2.24. The quantitative estimate of drug-likeness (QED) is 0.440. The molecule has 0 fully saturated rings. The molecule has 0 radical (unpaired) electrons. The summed E-state index contributed by atoms with van der Waals surface area (Å²) in [6.45, 7) is 2.26. The molecule has 180 valence electrons. The molecule has 2 amide bonds. The largest absolute Gasteiger partial charge is 0.573 e. The zero-order valence-electron chi connectivity index (χ0n) is 18.1. The van der Waals surface area contributed by atoms with Crippen LogP contribution in [0.2, 0.25) is 0 Å². The number of aromatic nitrogens is 1. The number of nitrogens with one attached hydrogen (secondary N) is 2. The highest BCUT2D eigenvalue weighted by molar-refractivity contribution is 7.09. The molecule has 0 aliphatic heterocycles. The summed E-state index contributed by atoms with van der Waals surface area (Å²) in [5.41, 5.74) is 1.39. The maximum Gasteiger partial charge on any atom is 0.573 e. The summed E-state index contributed by atoms with van der Waals surface area (Å²) in [6.07, 6.45) is -4.78. The second-order valence-corrected chi connectivity index (χ2v) is 8.18. The molecule has 0 saturated heterocycles. The van der Waals surface area contributed by atoms with Crippen molar-refractivity contribution in [3.63, 3.8) is 0 Å². The fourth-order valence-corrected chi connectivity index (χ4v) is 3.56. The molecule has 0 bridgehead atoms. The van der Waals surface area contributed by atoms with Crippen molar-refractivity contribution >= 4 is 23.2 Å². The Morgan fingerprint density at radius 3 is 2.38 bits per heavy atom. The first-order valence-electron chi connectivity index (χ1n) is 10.2. The van der Waals surface area contributed by atoms with Gasteiger partial charge in [0.25, 0.3) is 11.8 Å². The molecular formula is C23H22F3N3O4S. The van der Waals surface area contributed by atoms with Gasteiger partial charge in [0.2, 0.25) is 0 Å². The van der Waals surface area contributed by atoms with Crippen LogP contribution in [-0.4, -0.2) is 36.3 Å². The number of ether oxygens (including phenoxy) is 2. The van der Waals surface area contributed by atoms with E-state index in [0.717, 1.165) is 17.7 Å². The molecule has 11 heteroatoms. The number of thiazole rings is 1. The standard InChI is InChI=1S/C23H22F3N3O4S/c1-15(16-5-3-2-4-6-16)11-28-22(31)19-14-34-21(29-19)12-27-20(30)13-32-17-7-9-18(10-8-17)33-23(24,25)26/h2-10,14-15H,11-13H2,1H3,(H,27,30)(H,28,31)/t15-/m1/s1. The molecule has 7 nitrogen and oxygen atoms in total. The molecule has 3 rings (SSSR count). The Bertz CT molecular complexity index is 1090. The smallest absolute Gasteiger partial charge is 0.484 e. The van der Waals surface area contributed by atoms with Crippen molar-refractivity contribution < 1.29 is 32.2 Å². The fraction of sp³-hybridized carbons (Fsp3) is 0.261. The van der Waals surface area contributed by atoms with Crippen molar-refractivity contribution in [2.75, 3.05) is 13.2 Å². The van der Waals surface area contributed by atoms with E-state index >= 15 is 0 Å². The van der Waals surface area contributed by atoms with Crippen LogP contribution in [0.5, 0.6) is 11.5 Å². The van der Waals surface area contributed by atoms with Gasteiger partial charge in [-0.1, -0.05) is 37.3 Å². The van der Waals surface area contributed by atoms with Crippen LogP contribution in [0.4, 0.5) is 13.2 Å². The Labute approximate surface area is 197 Å². The lowest BCUT2D eigenvalue weighted by Gasteiger charge is -2.12. The number of carbonyl (C=O) groups is 2. The number of hydrogen-bond acceptors (Lipinski definition) is 6. The first kappa shape index (κ1) is 25.0. The zero-order valence-corrected chi connectivity index (χ0v) is 18.9. The minimum atomic E-state index is -4.78. The average Bonchev–Trinajstić information content (AvgIpc) is 3.29. The number of hydrogen-bond donors (Lipinski definition) is 2. The van der Waals surface area contributed by atoms with Gasteiger partial charge >= 0.3 is 6.36 Å². The van der Waals surface area contributed by atoms with Crippen molar-refractivity contribution in [3.05, 3.63) is 76.2 Å². The summed E-state index contributed by atoms with van der Waals surface area (Å²) in [5.74, 6) is -0.771. The van der Waals surface area contributed by atoms with Gasteiger partial charge in [-0.25, -0.2) is 4.98 Å². The van der Waals surface area contributed by atoms with Gasteiger partial charge in [-0.15, -0.1) is 24.5 Å². The van der Waals surface area contributed by atoms with Gasteiger partial charge in [-0.05, 0) is 35.7 Å². The molecular weight excluding hydrogens is 471 g/mol. The Balaban J connectivity index is 1.39. The van der Waals surface area contributed by atoms with Crippen LogP contribution in [-0.2, 0) is 11.3 Å². The van der Waals surface area contributed by atoms with E-state index in [1.54, 1.807) is 5.38 Å². The molecule has 0 saturated carbocycles. The Hall–Kier alpha value is -3.60. The maximum absolute atomic E-state index is 12.3. The molecule has 1 aromatic heterocycles. The summed E-state index contributed by atoms with van der Waals surface area (Å²) >= 11 is 1.24. The van der Waals surface area contributed by atoms with Crippen molar-refractivity contribution in [2.45, 2.75) is 25.7 Å². The number of rotatable bonds is 10. The van der Waals surface area contributed by atoms with Crippen LogP contribution in [0.25, 0.3) is 0 Å². The molecule has 2 aromatic carbocycles. The summed E-state index contributed by atoms with van der Waals surface area (Å²) in [7, 11) is 0. The van der Waals surface area contributed by atoms with Crippen LogP contribution in [0.3, 0.4) is 0 Å². The van der Waals surface area contributed by atoms with E-state index < -0.39 is 12.3 Å². The second kappa shape index (κ2) is 11.5. The molecule has 0 aliphatic carbocycles. The topological polar surface area (TPSA) is 89.6 Å². The number of carbonyl (C=O) groups excluding carboxylic acids is 2. The van der Waals surface area contributed by atoms with E-state index in [1.165, 1.54) is 23.5 Å². The minimum absolute atomic E-state index is 0.110. The van der Waals surface area contributed by atoms with E-state index in [-0.39, 0.29) is 42.2 Å². The summed E-state index contributed by atoms with van der Waals surface area (Å²) in [6, 6.07) is 14.5. The van der Waals surface area contributed by atoms with Gasteiger partial charge in [-0.3, -0.25) is 9.59 Å². The number of halogens is 3. The van der Waals surface area contributed by atoms with Crippen molar-refractivity contribution in [1.29, 1.82) is 0 Å². The molecule has 0 aliphatic rings. The van der Waals surface area contributed by atoms with E-state index in [4.69, 9.17) is 4.74 Å². The molecule has 0 spiro atoms. The number of nitrogens with zero attached hydrogens (tertiary/aromatic N) is 1. The number of amides is 2. The van der Waals surface area contributed by atoms with Gasteiger partial charge in [-0.2, -0.15) is 0 Å². The lowest BCUT2D eigenvalue weighted by Crippen LogP contribution is -2.29. The first-order valence-corrected chi connectivity index (χ1v) is 11.1. The normalized spacial score (nSPS) is 12.0. The third-order valence-corrected chi connectivity index (χ3v) is 5.43. The van der Waals surface area contributed by atoms with Crippen LogP contribution in [0, 0.1) is 0 Å². The predicted molar refractivity (Wildman–Crippen MR) is 120 cm³/mol. The highest BCUT2D eigenvalue weighted by atomic mass is 32.1. The van der Waals surface area contributed by atoms with E-state index in [1.807, 2.05) is 37.3 Å². The number of alkyl halides is 3. The SMILES string of the molecule is C[C@H](CNC(=O)c1csc(CNC(=O)COc2ccc(OC(F)(F)F)cc2)n1)c1ccccc1. The third-order valence-electron chi connectivity index (χ3n) is 4.59. The lowest BCUT2D eigenvalue weighted by molar-refractivity contribution is -0.274. The molecule has 1 heterocycles. The van der Waals surface area contributed by atoms with E-state index in [2.05, 4.69) is 20.4 Å². The molecule has 1 atom stereocenters. The summed E-state index contributed by atoms with van der Waals surface area (Å²) < 4.78 is 45.5. The Morgan fingerprint density at radius 1 is 1.03 bits per heavy atom. The van der Waals surface area contributed by atoms with Gasteiger partial charge in [0.1, 0.15) is 22.2 Å². The van der Waals surface area contributed by atoms with E-state index in [9.17, 15) is 22.8 Å². The fourth-order valence-electron chi connectivity index (χ4n) is 2.84. The van der Waals surface area contributed by atoms with E-state index in [0.29, 0.717) is 11.6 Å². The monoisotopic (exact) mass is 493 g/mol. The number of benzene rings is 2. The molecule has 2 N–H and O–H groups in total. The van der Waals surface area contributed by atoms with Gasteiger partial charge < -0.3 is 20.1 Å². The van der Waals surface area contributed by atoms with Gasteiger partial charge in [0.15, 0.2) is 6.61 Å². The maximum atomic E-state index is 12.3.